The van der Waals surface area contributed by atoms with Crippen LogP contribution in [0.3, 0.4) is 0 Å². The third-order valence-electron chi connectivity index (χ3n) is 5.99. The molecule has 2 saturated carbocycles. The fourth-order valence-corrected chi connectivity index (χ4v) is 5.06. The minimum atomic E-state index is 0.635. The summed E-state index contributed by atoms with van der Waals surface area (Å²) < 4.78 is 7.87. The van der Waals surface area contributed by atoms with Crippen LogP contribution >= 0.6 is 23.4 Å². The number of ether oxygens (including phenoxy) is 1. The van der Waals surface area contributed by atoms with Gasteiger partial charge in [-0.05, 0) is 68.4 Å². The molecule has 158 valence electrons. The average Bonchev–Trinajstić information content (AvgIpc) is 3.66. The number of hydrogen-bond acceptors (Lipinski definition) is 5. The lowest BCUT2D eigenvalue weighted by molar-refractivity contribution is 0.416. The van der Waals surface area contributed by atoms with E-state index in [2.05, 4.69) is 15.6 Å². The molecule has 2 heterocycles. The smallest absolute Gasteiger partial charge is 0.166 e. The molecule has 30 heavy (non-hydrogen) atoms. The summed E-state index contributed by atoms with van der Waals surface area (Å²) in [7, 11) is 1.67. The van der Waals surface area contributed by atoms with Gasteiger partial charge in [0.1, 0.15) is 22.3 Å². The molecule has 0 saturated heterocycles. The Bertz CT molecular complexity index is 1080. The molecule has 0 bridgehead atoms. The SMILES string of the molecule is COc1cc(C)cc(Cl)c1-c1nccn2c(N(CC3CC3)CC3CC3)c(SC)nc12. The number of benzene rings is 1. The Balaban J connectivity index is 1.68. The van der Waals surface area contributed by atoms with Crippen molar-refractivity contribution in [2.75, 3.05) is 31.4 Å². The molecule has 5 nitrogen and oxygen atoms in total. The van der Waals surface area contributed by atoms with Crippen molar-refractivity contribution in [3.05, 3.63) is 35.1 Å². The molecular weight excluding hydrogens is 416 g/mol. The molecule has 3 aromatic rings. The summed E-state index contributed by atoms with van der Waals surface area (Å²) in [4.78, 5) is 12.3. The van der Waals surface area contributed by atoms with E-state index < -0.39 is 0 Å². The summed E-state index contributed by atoms with van der Waals surface area (Å²) in [6, 6.07) is 3.95. The van der Waals surface area contributed by atoms with Gasteiger partial charge in [-0.25, -0.2) is 4.98 Å². The van der Waals surface area contributed by atoms with Crippen LogP contribution in [-0.2, 0) is 0 Å². The van der Waals surface area contributed by atoms with Gasteiger partial charge in [0.05, 0.1) is 17.7 Å². The highest BCUT2D eigenvalue weighted by atomic mass is 35.5. The highest BCUT2D eigenvalue weighted by Crippen LogP contribution is 2.42. The van der Waals surface area contributed by atoms with E-state index in [1.165, 1.54) is 31.5 Å². The maximum atomic E-state index is 6.67. The van der Waals surface area contributed by atoms with E-state index in [9.17, 15) is 0 Å². The first kappa shape index (κ1) is 20.0. The number of hydrogen-bond donors (Lipinski definition) is 0. The van der Waals surface area contributed by atoms with Gasteiger partial charge in [0.2, 0.25) is 0 Å². The summed E-state index contributed by atoms with van der Waals surface area (Å²) >= 11 is 8.37. The molecule has 0 atom stereocenters. The van der Waals surface area contributed by atoms with Crippen molar-refractivity contribution >= 4 is 34.8 Å². The Morgan fingerprint density at radius 2 is 1.90 bits per heavy atom. The fraction of sp³-hybridized carbons (Fsp3) is 0.478. The number of anilines is 1. The average molecular weight is 443 g/mol. The Morgan fingerprint density at radius 1 is 1.20 bits per heavy atom. The van der Waals surface area contributed by atoms with Crippen LogP contribution in [0.4, 0.5) is 5.82 Å². The van der Waals surface area contributed by atoms with Crippen LogP contribution in [0, 0.1) is 18.8 Å². The first-order valence-corrected chi connectivity index (χ1v) is 12.2. The first-order valence-electron chi connectivity index (χ1n) is 10.6. The van der Waals surface area contributed by atoms with E-state index >= 15 is 0 Å². The summed E-state index contributed by atoms with van der Waals surface area (Å²) in [5, 5.41) is 1.68. The van der Waals surface area contributed by atoms with Crippen LogP contribution in [0.25, 0.3) is 16.9 Å². The molecule has 0 amide bonds. The molecule has 2 fully saturated rings. The summed E-state index contributed by atoms with van der Waals surface area (Å²) in [6.07, 6.45) is 11.3. The lowest BCUT2D eigenvalue weighted by atomic mass is 10.1. The van der Waals surface area contributed by atoms with Crippen molar-refractivity contribution in [2.45, 2.75) is 37.6 Å². The van der Waals surface area contributed by atoms with E-state index in [0.717, 1.165) is 58.2 Å². The minimum Gasteiger partial charge on any atom is -0.496 e. The fourth-order valence-electron chi connectivity index (χ4n) is 4.12. The van der Waals surface area contributed by atoms with Crippen LogP contribution in [0.15, 0.2) is 29.6 Å². The normalized spacial score (nSPS) is 16.3. The second-order valence-electron chi connectivity index (χ2n) is 8.53. The molecular formula is C23H27ClN4OS. The highest BCUT2D eigenvalue weighted by Gasteiger charge is 2.32. The van der Waals surface area contributed by atoms with Gasteiger partial charge in [0, 0.05) is 25.5 Å². The van der Waals surface area contributed by atoms with E-state index in [4.69, 9.17) is 26.3 Å². The van der Waals surface area contributed by atoms with E-state index in [-0.39, 0.29) is 0 Å². The Morgan fingerprint density at radius 3 is 2.50 bits per heavy atom. The number of rotatable bonds is 8. The van der Waals surface area contributed by atoms with Crippen molar-refractivity contribution in [1.29, 1.82) is 0 Å². The lowest BCUT2D eigenvalue weighted by Gasteiger charge is -2.25. The van der Waals surface area contributed by atoms with Gasteiger partial charge in [-0.1, -0.05) is 11.6 Å². The van der Waals surface area contributed by atoms with E-state index in [1.54, 1.807) is 18.9 Å². The van der Waals surface area contributed by atoms with Gasteiger partial charge in [-0.3, -0.25) is 9.38 Å². The molecule has 0 spiro atoms. The van der Waals surface area contributed by atoms with Gasteiger partial charge in [0.25, 0.3) is 0 Å². The van der Waals surface area contributed by atoms with Crippen LogP contribution < -0.4 is 9.64 Å². The first-order chi connectivity index (χ1) is 14.6. The van der Waals surface area contributed by atoms with Crippen molar-refractivity contribution < 1.29 is 4.74 Å². The molecule has 0 N–H and O–H groups in total. The number of fused-ring (bicyclic) bond motifs is 1. The predicted molar refractivity (Wildman–Crippen MR) is 124 cm³/mol. The minimum absolute atomic E-state index is 0.635. The van der Waals surface area contributed by atoms with Gasteiger partial charge in [0.15, 0.2) is 5.65 Å². The third kappa shape index (κ3) is 3.76. The van der Waals surface area contributed by atoms with E-state index in [1.807, 2.05) is 31.5 Å². The van der Waals surface area contributed by atoms with Gasteiger partial charge >= 0.3 is 0 Å². The summed E-state index contributed by atoms with van der Waals surface area (Å²) in [6.45, 7) is 4.24. The molecule has 0 unspecified atom stereocenters. The Hall–Kier alpha value is -1.92. The van der Waals surface area contributed by atoms with Crippen LogP contribution in [-0.4, -0.2) is 40.8 Å². The maximum absolute atomic E-state index is 6.67. The van der Waals surface area contributed by atoms with Gasteiger partial charge in [-0.15, -0.1) is 11.8 Å². The summed E-state index contributed by atoms with van der Waals surface area (Å²) in [5.74, 6) is 3.56. The predicted octanol–water partition coefficient (Wildman–Crippen LogP) is 5.72. The standard InChI is InChI=1S/C23H27ClN4OS/c1-14-10-17(24)19(18(11-14)29-2)20-21-26-22(30-3)23(28(21)9-8-25-20)27(12-15-4-5-15)13-16-6-7-16/h8-11,15-16H,4-7,12-13H2,1-3H3. The summed E-state index contributed by atoms with van der Waals surface area (Å²) in [5.41, 5.74) is 3.45. The monoisotopic (exact) mass is 442 g/mol. The Kier molecular flexibility index (Phi) is 5.31. The molecule has 5 rings (SSSR count). The number of aryl methyl sites for hydroxylation is 1. The van der Waals surface area contributed by atoms with Crippen molar-refractivity contribution in [1.82, 2.24) is 14.4 Å². The number of imidazole rings is 1. The number of halogens is 1. The lowest BCUT2D eigenvalue weighted by Crippen LogP contribution is -2.29. The van der Waals surface area contributed by atoms with Crippen molar-refractivity contribution in [2.24, 2.45) is 11.8 Å². The van der Waals surface area contributed by atoms with Crippen LogP contribution in [0.5, 0.6) is 5.75 Å². The van der Waals surface area contributed by atoms with Crippen molar-refractivity contribution in [3.8, 4) is 17.0 Å². The quantitative estimate of drug-likeness (QED) is 0.417. The molecule has 0 radical (unpaired) electrons. The topological polar surface area (TPSA) is 42.7 Å². The second kappa shape index (κ2) is 7.97. The van der Waals surface area contributed by atoms with Crippen LogP contribution in [0.1, 0.15) is 31.2 Å². The third-order valence-corrected chi connectivity index (χ3v) is 6.94. The molecule has 2 aromatic heterocycles. The molecule has 2 aliphatic rings. The zero-order chi connectivity index (χ0) is 20.8. The molecule has 7 heteroatoms. The molecule has 2 aliphatic carbocycles. The van der Waals surface area contributed by atoms with Gasteiger partial charge in [-0.2, -0.15) is 0 Å². The second-order valence-corrected chi connectivity index (χ2v) is 9.73. The number of thioether (sulfide) groups is 1. The Labute approximate surface area is 186 Å². The number of nitrogens with zero attached hydrogens (tertiary/aromatic N) is 4. The highest BCUT2D eigenvalue weighted by molar-refractivity contribution is 7.98. The van der Waals surface area contributed by atoms with Crippen molar-refractivity contribution in [3.63, 3.8) is 0 Å². The maximum Gasteiger partial charge on any atom is 0.166 e. The van der Waals surface area contributed by atoms with Gasteiger partial charge < -0.3 is 9.64 Å². The zero-order valence-corrected chi connectivity index (χ0v) is 19.3. The van der Waals surface area contributed by atoms with E-state index in [0.29, 0.717) is 5.02 Å². The molecule has 1 aromatic carbocycles. The number of aromatic nitrogens is 3. The van der Waals surface area contributed by atoms with Crippen LogP contribution in [0.2, 0.25) is 5.02 Å². The largest absolute Gasteiger partial charge is 0.496 e. The molecule has 0 aliphatic heterocycles. The number of methoxy groups -OCH3 is 1. The zero-order valence-electron chi connectivity index (χ0n) is 17.7.